The fourth-order valence-corrected chi connectivity index (χ4v) is 3.70. The summed E-state index contributed by atoms with van der Waals surface area (Å²) in [4.78, 5) is 28.4. The Balaban J connectivity index is 1.72. The van der Waals surface area contributed by atoms with Gasteiger partial charge in [0.05, 0.1) is 11.7 Å². The van der Waals surface area contributed by atoms with Gasteiger partial charge in [-0.05, 0) is 43.5 Å². The summed E-state index contributed by atoms with van der Waals surface area (Å²) in [5.74, 6) is 1.59. The first-order valence-electron chi connectivity index (χ1n) is 10.2. The van der Waals surface area contributed by atoms with Crippen molar-refractivity contribution in [2.24, 2.45) is 0 Å². The molecule has 29 heavy (non-hydrogen) atoms. The number of para-hydroxylation sites is 1. The van der Waals surface area contributed by atoms with Crippen LogP contribution in [0.25, 0.3) is 11.3 Å². The molecule has 0 spiro atoms. The number of carbonyl (C=O) groups is 1. The highest BCUT2D eigenvalue weighted by Gasteiger charge is 2.32. The number of rotatable bonds is 6. The Hall–Kier alpha value is -3.28. The van der Waals surface area contributed by atoms with Gasteiger partial charge < -0.3 is 10.2 Å². The highest BCUT2D eigenvalue weighted by Crippen LogP contribution is 2.33. The van der Waals surface area contributed by atoms with Crippen LogP contribution >= 0.6 is 0 Å². The minimum Gasteiger partial charge on any atom is -0.340 e. The number of pyridine rings is 1. The van der Waals surface area contributed by atoms with Crippen LogP contribution in [0.1, 0.15) is 44.5 Å². The molecule has 1 N–H and O–H groups in total. The maximum Gasteiger partial charge on any atom is 0.223 e. The van der Waals surface area contributed by atoms with Crippen LogP contribution in [0, 0.1) is 0 Å². The van der Waals surface area contributed by atoms with Gasteiger partial charge in [0.25, 0.3) is 0 Å². The van der Waals surface area contributed by atoms with E-state index in [9.17, 15) is 4.79 Å². The van der Waals surface area contributed by atoms with Crippen molar-refractivity contribution in [1.29, 1.82) is 0 Å². The molecular formula is C23H25N5O. The summed E-state index contributed by atoms with van der Waals surface area (Å²) in [6.45, 7) is 2.80. The molecule has 0 saturated carbocycles. The number of likely N-dealkylation sites (tertiary alicyclic amines) is 1. The minimum atomic E-state index is -0.0815. The highest BCUT2D eigenvalue weighted by molar-refractivity contribution is 5.77. The van der Waals surface area contributed by atoms with E-state index in [1.807, 2.05) is 60.4 Å². The van der Waals surface area contributed by atoms with E-state index in [1.54, 1.807) is 12.4 Å². The zero-order valence-corrected chi connectivity index (χ0v) is 16.6. The Morgan fingerprint density at radius 3 is 2.79 bits per heavy atom. The fraction of sp³-hybridized carbons (Fsp3) is 0.304. The lowest BCUT2D eigenvalue weighted by molar-refractivity contribution is -0.132. The van der Waals surface area contributed by atoms with Crippen LogP contribution in [-0.4, -0.2) is 32.3 Å². The van der Waals surface area contributed by atoms with Gasteiger partial charge >= 0.3 is 0 Å². The topological polar surface area (TPSA) is 71.0 Å². The van der Waals surface area contributed by atoms with Crippen molar-refractivity contribution in [3.05, 3.63) is 66.7 Å². The molecular weight excluding hydrogens is 362 g/mol. The predicted molar refractivity (Wildman–Crippen MR) is 114 cm³/mol. The normalized spacial score (nSPS) is 16.0. The third-order valence-electron chi connectivity index (χ3n) is 5.08. The Morgan fingerprint density at radius 1 is 1.17 bits per heavy atom. The molecule has 2 aromatic heterocycles. The largest absolute Gasteiger partial charge is 0.340 e. The van der Waals surface area contributed by atoms with Gasteiger partial charge in [0.2, 0.25) is 5.91 Å². The molecule has 6 nitrogen and oxygen atoms in total. The van der Waals surface area contributed by atoms with Crippen LogP contribution in [0.15, 0.2) is 60.9 Å². The zero-order valence-electron chi connectivity index (χ0n) is 16.6. The summed E-state index contributed by atoms with van der Waals surface area (Å²) >= 11 is 0. The van der Waals surface area contributed by atoms with Crippen molar-refractivity contribution in [2.75, 3.05) is 11.9 Å². The van der Waals surface area contributed by atoms with E-state index in [0.29, 0.717) is 12.2 Å². The van der Waals surface area contributed by atoms with Gasteiger partial charge in [0.1, 0.15) is 5.82 Å². The molecule has 1 aliphatic heterocycles. The van der Waals surface area contributed by atoms with Gasteiger partial charge in [0, 0.05) is 42.7 Å². The summed E-state index contributed by atoms with van der Waals surface area (Å²) in [6, 6.07) is 15.7. The lowest BCUT2D eigenvalue weighted by atomic mass is 10.1. The van der Waals surface area contributed by atoms with Gasteiger partial charge in [-0.15, -0.1) is 0 Å². The highest BCUT2D eigenvalue weighted by atomic mass is 16.2. The Kier molecular flexibility index (Phi) is 5.79. The molecule has 1 fully saturated rings. The van der Waals surface area contributed by atoms with Crippen molar-refractivity contribution in [3.8, 4) is 11.3 Å². The van der Waals surface area contributed by atoms with Crippen molar-refractivity contribution in [3.63, 3.8) is 0 Å². The number of benzene rings is 1. The minimum absolute atomic E-state index is 0.0815. The first-order valence-corrected chi connectivity index (χ1v) is 10.2. The van der Waals surface area contributed by atoms with Crippen LogP contribution in [0.2, 0.25) is 0 Å². The summed E-state index contributed by atoms with van der Waals surface area (Å²) in [7, 11) is 0. The molecule has 6 heteroatoms. The number of anilines is 2. The van der Waals surface area contributed by atoms with E-state index in [2.05, 4.69) is 10.3 Å². The predicted octanol–water partition coefficient (Wildman–Crippen LogP) is 4.75. The average Bonchev–Trinajstić information content (AvgIpc) is 3.25. The van der Waals surface area contributed by atoms with Gasteiger partial charge in [-0.25, -0.2) is 9.97 Å². The van der Waals surface area contributed by atoms with Crippen LogP contribution in [0.4, 0.5) is 11.5 Å². The molecule has 0 aliphatic carbocycles. The van der Waals surface area contributed by atoms with Crippen molar-refractivity contribution >= 4 is 17.4 Å². The lowest BCUT2D eigenvalue weighted by Gasteiger charge is -2.24. The van der Waals surface area contributed by atoms with E-state index < -0.39 is 0 Å². The number of hydrogen-bond donors (Lipinski definition) is 1. The third-order valence-corrected chi connectivity index (χ3v) is 5.08. The number of nitrogens with one attached hydrogen (secondary N) is 1. The zero-order chi connectivity index (χ0) is 20.1. The van der Waals surface area contributed by atoms with E-state index in [4.69, 9.17) is 9.97 Å². The van der Waals surface area contributed by atoms with Crippen LogP contribution < -0.4 is 5.32 Å². The molecule has 0 bridgehead atoms. The quantitative estimate of drug-likeness (QED) is 0.661. The van der Waals surface area contributed by atoms with E-state index in [1.165, 1.54) is 0 Å². The molecule has 1 aromatic carbocycles. The van der Waals surface area contributed by atoms with E-state index in [-0.39, 0.29) is 11.9 Å². The molecule has 1 saturated heterocycles. The smallest absolute Gasteiger partial charge is 0.223 e. The van der Waals surface area contributed by atoms with Crippen molar-refractivity contribution < 1.29 is 4.79 Å². The maximum absolute atomic E-state index is 12.6. The maximum atomic E-state index is 12.6. The van der Waals surface area contributed by atoms with Crippen molar-refractivity contribution in [1.82, 2.24) is 19.9 Å². The second kappa shape index (κ2) is 8.82. The first-order chi connectivity index (χ1) is 14.2. The number of carbonyl (C=O) groups excluding carboxylic acids is 1. The Labute approximate surface area is 171 Å². The van der Waals surface area contributed by atoms with Gasteiger partial charge in [0.15, 0.2) is 5.82 Å². The monoisotopic (exact) mass is 387 g/mol. The molecule has 1 aliphatic rings. The summed E-state index contributed by atoms with van der Waals surface area (Å²) < 4.78 is 0. The van der Waals surface area contributed by atoms with Gasteiger partial charge in [-0.2, -0.15) is 0 Å². The standard InChI is InChI=1S/C23H25N5O/c1-2-8-22(29)28-14-7-12-20(28)23-26-19(17-9-6-13-24-16-17)15-21(27-23)25-18-10-4-3-5-11-18/h3-6,9-11,13,15-16,20H,2,7-8,12,14H2,1H3,(H,25,26,27)/t20-/m1/s1. The second-order valence-corrected chi connectivity index (χ2v) is 7.22. The Morgan fingerprint density at radius 2 is 2.03 bits per heavy atom. The van der Waals surface area contributed by atoms with Crippen LogP contribution in [0.5, 0.6) is 0 Å². The van der Waals surface area contributed by atoms with Crippen LogP contribution in [-0.2, 0) is 4.79 Å². The van der Waals surface area contributed by atoms with E-state index in [0.717, 1.165) is 48.6 Å². The summed E-state index contributed by atoms with van der Waals surface area (Å²) in [5.41, 5.74) is 2.69. The van der Waals surface area contributed by atoms with Gasteiger partial charge in [-0.1, -0.05) is 25.1 Å². The number of amides is 1. The third kappa shape index (κ3) is 4.42. The SMILES string of the molecule is CCCC(=O)N1CCC[C@@H]1c1nc(Nc2ccccc2)cc(-c2cccnc2)n1. The van der Waals surface area contributed by atoms with Gasteiger partial charge in [-0.3, -0.25) is 9.78 Å². The molecule has 0 radical (unpaired) electrons. The number of hydrogen-bond acceptors (Lipinski definition) is 5. The lowest BCUT2D eigenvalue weighted by Crippen LogP contribution is -2.31. The summed E-state index contributed by atoms with van der Waals surface area (Å²) in [6.07, 6.45) is 6.82. The number of aromatic nitrogens is 3. The first kappa shape index (κ1) is 19.1. The average molecular weight is 387 g/mol. The molecule has 0 unspecified atom stereocenters. The molecule has 3 aromatic rings. The fourth-order valence-electron chi connectivity index (χ4n) is 3.70. The van der Waals surface area contributed by atoms with E-state index >= 15 is 0 Å². The molecule has 1 amide bonds. The molecule has 148 valence electrons. The molecule has 1 atom stereocenters. The number of nitrogens with zero attached hydrogens (tertiary/aromatic N) is 4. The summed E-state index contributed by atoms with van der Waals surface area (Å²) in [5, 5.41) is 3.37. The molecule has 4 rings (SSSR count). The second-order valence-electron chi connectivity index (χ2n) is 7.22. The van der Waals surface area contributed by atoms with Crippen LogP contribution in [0.3, 0.4) is 0 Å². The molecule has 3 heterocycles. The van der Waals surface area contributed by atoms with Crippen molar-refractivity contribution in [2.45, 2.75) is 38.6 Å². The Bertz CT molecular complexity index is 962.